The van der Waals surface area contributed by atoms with E-state index in [9.17, 15) is 9.90 Å². The first-order valence-corrected chi connectivity index (χ1v) is 7.08. The van der Waals surface area contributed by atoms with E-state index in [2.05, 4.69) is 5.32 Å². The normalized spacial score (nSPS) is 10.3. The molecule has 1 aromatic heterocycles. The quantitative estimate of drug-likeness (QED) is 0.703. The van der Waals surface area contributed by atoms with Gasteiger partial charge in [-0.3, -0.25) is 4.79 Å². The maximum Gasteiger partial charge on any atom is 0.291 e. The van der Waals surface area contributed by atoms with Gasteiger partial charge in [-0.05, 0) is 48.5 Å². The van der Waals surface area contributed by atoms with Gasteiger partial charge in [0.25, 0.3) is 5.91 Å². The zero-order valence-electron chi connectivity index (χ0n) is 12.2. The van der Waals surface area contributed by atoms with Crippen LogP contribution in [-0.2, 0) is 6.61 Å². The van der Waals surface area contributed by atoms with Crippen LogP contribution in [0.15, 0.2) is 71.1 Å². The minimum absolute atomic E-state index is 0.140. The third kappa shape index (κ3) is 3.91. The molecule has 0 radical (unpaired) electrons. The van der Waals surface area contributed by atoms with Crippen LogP contribution in [0.25, 0.3) is 0 Å². The summed E-state index contributed by atoms with van der Waals surface area (Å²) in [6, 6.07) is 18.9. The van der Waals surface area contributed by atoms with E-state index in [1.54, 1.807) is 24.3 Å². The lowest BCUT2D eigenvalue weighted by molar-refractivity contribution is 0.0992. The minimum Gasteiger partial charge on any atom is -0.508 e. The van der Waals surface area contributed by atoms with E-state index in [0.29, 0.717) is 11.4 Å². The Balaban J connectivity index is 1.59. The Morgan fingerprint density at radius 3 is 2.48 bits per heavy atom. The molecule has 0 unspecified atom stereocenters. The van der Waals surface area contributed by atoms with Gasteiger partial charge in [0, 0.05) is 5.69 Å². The first kappa shape index (κ1) is 14.7. The molecule has 2 N–H and O–H groups in total. The second kappa shape index (κ2) is 6.70. The van der Waals surface area contributed by atoms with Crippen molar-refractivity contribution in [2.45, 2.75) is 6.61 Å². The molecule has 3 rings (SSSR count). The summed E-state index contributed by atoms with van der Waals surface area (Å²) in [7, 11) is 0. The van der Waals surface area contributed by atoms with Crippen LogP contribution < -0.4 is 10.1 Å². The highest BCUT2D eigenvalue weighted by Gasteiger charge is 2.12. The molecule has 0 aliphatic heterocycles. The molecule has 0 bridgehead atoms. The molecule has 1 amide bonds. The van der Waals surface area contributed by atoms with Gasteiger partial charge >= 0.3 is 0 Å². The number of ether oxygens (including phenoxy) is 1. The van der Waals surface area contributed by atoms with Gasteiger partial charge < -0.3 is 19.6 Å². The number of phenolic OH excluding ortho intramolecular Hbond substituents is 1. The van der Waals surface area contributed by atoms with Gasteiger partial charge in [-0.15, -0.1) is 0 Å². The van der Waals surface area contributed by atoms with Crippen molar-refractivity contribution in [3.63, 3.8) is 0 Å². The molecule has 5 nitrogen and oxygen atoms in total. The Morgan fingerprint density at radius 2 is 1.74 bits per heavy atom. The number of rotatable bonds is 5. The van der Waals surface area contributed by atoms with Crippen molar-refractivity contribution in [1.82, 2.24) is 0 Å². The SMILES string of the molecule is O=C(Nc1ccc(O)cc1)c1ccc(COc2ccccc2)o1. The molecule has 0 saturated heterocycles. The third-order valence-electron chi connectivity index (χ3n) is 3.13. The minimum atomic E-state index is -0.360. The highest BCUT2D eigenvalue weighted by molar-refractivity contribution is 6.02. The van der Waals surface area contributed by atoms with Gasteiger partial charge in [0.1, 0.15) is 23.9 Å². The number of hydrogen-bond donors (Lipinski definition) is 2. The van der Waals surface area contributed by atoms with Gasteiger partial charge in [0.05, 0.1) is 0 Å². The van der Waals surface area contributed by atoms with Crippen LogP contribution in [0.4, 0.5) is 5.69 Å². The lowest BCUT2D eigenvalue weighted by Gasteiger charge is -2.04. The molecular formula is C18H15NO4. The molecule has 0 atom stereocenters. The molecule has 1 heterocycles. The fourth-order valence-electron chi connectivity index (χ4n) is 1.99. The Kier molecular flexibility index (Phi) is 4.29. The van der Waals surface area contributed by atoms with Crippen molar-refractivity contribution in [2.24, 2.45) is 0 Å². The second-order valence-corrected chi connectivity index (χ2v) is 4.87. The summed E-state index contributed by atoms with van der Waals surface area (Å²) in [5.74, 6) is 1.27. The second-order valence-electron chi connectivity index (χ2n) is 4.87. The van der Waals surface area contributed by atoms with Gasteiger partial charge in [0.2, 0.25) is 0 Å². The number of hydrogen-bond acceptors (Lipinski definition) is 4. The van der Waals surface area contributed by atoms with Gasteiger partial charge in [0.15, 0.2) is 5.76 Å². The largest absolute Gasteiger partial charge is 0.508 e. The van der Waals surface area contributed by atoms with Gasteiger partial charge in [-0.1, -0.05) is 18.2 Å². The van der Waals surface area contributed by atoms with Crippen LogP contribution >= 0.6 is 0 Å². The number of furan rings is 1. The molecule has 2 aromatic carbocycles. The maximum absolute atomic E-state index is 12.1. The van der Waals surface area contributed by atoms with Crippen LogP contribution in [0.2, 0.25) is 0 Å². The average Bonchev–Trinajstić information content (AvgIpc) is 3.05. The summed E-state index contributed by atoms with van der Waals surface area (Å²) in [5.41, 5.74) is 0.575. The molecule has 0 aliphatic carbocycles. The lowest BCUT2D eigenvalue weighted by Crippen LogP contribution is -2.10. The molecule has 0 aliphatic rings. The van der Waals surface area contributed by atoms with Crippen LogP contribution in [0.3, 0.4) is 0 Å². The van der Waals surface area contributed by atoms with Gasteiger partial charge in [-0.25, -0.2) is 0 Å². The molecule has 116 valence electrons. The maximum atomic E-state index is 12.1. The number of para-hydroxylation sites is 1. The summed E-state index contributed by atoms with van der Waals surface area (Å²) in [6.45, 7) is 0.247. The first-order valence-electron chi connectivity index (χ1n) is 7.08. The summed E-state index contributed by atoms with van der Waals surface area (Å²) in [4.78, 5) is 12.1. The first-order chi connectivity index (χ1) is 11.2. The number of benzene rings is 2. The number of carbonyl (C=O) groups excluding carboxylic acids is 1. The topological polar surface area (TPSA) is 71.7 Å². The van der Waals surface area contributed by atoms with E-state index >= 15 is 0 Å². The summed E-state index contributed by atoms with van der Waals surface area (Å²) < 4.78 is 11.0. The number of phenols is 1. The van der Waals surface area contributed by atoms with Crippen LogP contribution in [0.1, 0.15) is 16.3 Å². The van der Waals surface area contributed by atoms with Crippen molar-refractivity contribution < 1.29 is 19.1 Å². The Labute approximate surface area is 133 Å². The number of carbonyl (C=O) groups is 1. The van der Waals surface area contributed by atoms with Crippen molar-refractivity contribution in [3.05, 3.63) is 78.3 Å². The number of aromatic hydroxyl groups is 1. The molecular weight excluding hydrogens is 294 g/mol. The summed E-state index contributed by atoms with van der Waals surface area (Å²) in [5, 5.41) is 11.9. The highest BCUT2D eigenvalue weighted by atomic mass is 16.5. The summed E-state index contributed by atoms with van der Waals surface area (Å²) >= 11 is 0. The Hall–Kier alpha value is -3.21. The zero-order chi connectivity index (χ0) is 16.1. The van der Waals surface area contributed by atoms with Crippen LogP contribution in [0.5, 0.6) is 11.5 Å². The molecule has 3 aromatic rings. The van der Waals surface area contributed by atoms with Crippen molar-refractivity contribution in [3.8, 4) is 11.5 Å². The fraction of sp³-hybridized carbons (Fsp3) is 0.0556. The standard InChI is InChI=1S/C18H15NO4/c20-14-8-6-13(7-9-14)19-18(21)17-11-10-16(23-17)12-22-15-4-2-1-3-5-15/h1-11,20H,12H2,(H,19,21). The third-order valence-corrected chi connectivity index (χ3v) is 3.13. The lowest BCUT2D eigenvalue weighted by atomic mass is 10.3. The van der Waals surface area contributed by atoms with E-state index in [-0.39, 0.29) is 24.0 Å². The predicted molar refractivity (Wildman–Crippen MR) is 85.5 cm³/mol. The summed E-state index contributed by atoms with van der Waals surface area (Å²) in [6.07, 6.45) is 0. The van der Waals surface area contributed by atoms with Crippen LogP contribution in [0, 0.1) is 0 Å². The number of anilines is 1. The zero-order valence-corrected chi connectivity index (χ0v) is 12.2. The fourth-order valence-corrected chi connectivity index (χ4v) is 1.99. The van der Waals surface area contributed by atoms with Crippen molar-refractivity contribution in [1.29, 1.82) is 0 Å². The van der Waals surface area contributed by atoms with Crippen molar-refractivity contribution in [2.75, 3.05) is 5.32 Å². The van der Waals surface area contributed by atoms with Gasteiger partial charge in [-0.2, -0.15) is 0 Å². The smallest absolute Gasteiger partial charge is 0.291 e. The monoisotopic (exact) mass is 309 g/mol. The molecule has 23 heavy (non-hydrogen) atoms. The highest BCUT2D eigenvalue weighted by Crippen LogP contribution is 2.17. The molecule has 0 saturated carbocycles. The van der Waals surface area contributed by atoms with E-state index in [4.69, 9.17) is 9.15 Å². The Bertz CT molecular complexity index is 778. The van der Waals surface area contributed by atoms with E-state index in [1.807, 2.05) is 30.3 Å². The molecule has 0 fully saturated rings. The number of nitrogens with one attached hydrogen (secondary N) is 1. The molecule has 0 spiro atoms. The Morgan fingerprint density at radius 1 is 1.00 bits per heavy atom. The van der Waals surface area contributed by atoms with Crippen molar-refractivity contribution >= 4 is 11.6 Å². The van der Waals surface area contributed by atoms with E-state index < -0.39 is 0 Å². The average molecular weight is 309 g/mol. The predicted octanol–water partition coefficient (Wildman–Crippen LogP) is 3.82. The number of amides is 1. The van der Waals surface area contributed by atoms with E-state index in [1.165, 1.54) is 12.1 Å². The van der Waals surface area contributed by atoms with Crippen LogP contribution in [-0.4, -0.2) is 11.0 Å². The molecule has 5 heteroatoms. The van der Waals surface area contributed by atoms with E-state index in [0.717, 1.165) is 5.75 Å².